The van der Waals surface area contributed by atoms with Gasteiger partial charge in [-0.1, -0.05) is 238 Å². The minimum Gasteiger partial charge on any atom is -0.457 e. The maximum atomic E-state index is 10.3. The molecule has 9 aromatic carbocycles. The summed E-state index contributed by atoms with van der Waals surface area (Å²) in [7, 11) is 0. The van der Waals surface area contributed by atoms with Crippen molar-refractivity contribution in [3.05, 3.63) is 239 Å². The molecule has 89 heavy (non-hydrogen) atoms. The monoisotopic (exact) mass is 1180 g/mol. The number of hydrogen-bond donors (Lipinski definition) is 0. The van der Waals surface area contributed by atoms with Crippen LogP contribution in [0.4, 0.5) is 22.7 Å². The summed E-state index contributed by atoms with van der Waals surface area (Å²) in [6.45, 7) is 34.8. The molecule has 0 amide bonds. The lowest BCUT2D eigenvalue weighted by atomic mass is 9.63. The molecular formula is C84H88N4O. The van der Waals surface area contributed by atoms with E-state index in [0.29, 0.717) is 44.7 Å². The summed E-state index contributed by atoms with van der Waals surface area (Å²) in [5.41, 5.74) is 12.0. The zero-order chi connectivity index (χ0) is 74.1. The van der Waals surface area contributed by atoms with E-state index in [1.807, 2.05) is 63.2 Å². The summed E-state index contributed by atoms with van der Waals surface area (Å²) in [6.07, 6.45) is 3.52. The Balaban J connectivity index is 0.975. The molecule has 0 N–H and O–H groups in total. The molecule has 0 saturated carbocycles. The number of nitrogens with zero attached hydrogens (tertiary/aromatic N) is 4. The van der Waals surface area contributed by atoms with E-state index < -0.39 is 46.5 Å². The van der Waals surface area contributed by atoms with E-state index in [4.69, 9.17) is 19.3 Å². The second-order valence-electron chi connectivity index (χ2n) is 29.9. The number of anilines is 4. The van der Waals surface area contributed by atoms with E-state index in [1.165, 1.54) is 17.3 Å². The Morgan fingerprint density at radius 2 is 1.03 bits per heavy atom. The topological polar surface area (TPSA) is 33.5 Å². The number of benzene rings is 9. The molecule has 0 spiro atoms. The zero-order valence-corrected chi connectivity index (χ0v) is 54.4. The smallest absolute Gasteiger partial charge is 0.137 e. The van der Waals surface area contributed by atoms with Gasteiger partial charge in [0, 0.05) is 51.5 Å². The number of hydrogen-bond acceptors (Lipinski definition) is 4. The largest absolute Gasteiger partial charge is 0.457 e. The van der Waals surface area contributed by atoms with Crippen LogP contribution in [0, 0.1) is 0 Å². The van der Waals surface area contributed by atoms with Gasteiger partial charge in [-0.3, -0.25) is 4.57 Å². The third kappa shape index (κ3) is 10.9. The molecule has 0 radical (unpaired) electrons. The minimum absolute atomic E-state index is 0.00766. The van der Waals surface area contributed by atoms with Crippen LogP contribution in [0.5, 0.6) is 11.5 Å². The quantitative estimate of drug-likeness (QED) is 0.144. The molecule has 3 heterocycles. The van der Waals surface area contributed by atoms with Crippen LogP contribution >= 0.6 is 0 Å². The van der Waals surface area contributed by atoms with Crippen LogP contribution in [-0.2, 0) is 32.5 Å². The van der Waals surface area contributed by atoms with Gasteiger partial charge in [-0.05, 0) is 167 Å². The molecular weight excluding hydrogens is 1080 g/mol. The van der Waals surface area contributed by atoms with Gasteiger partial charge >= 0.3 is 0 Å². The number of fused-ring (bicyclic) bond motifs is 5. The molecule has 0 saturated heterocycles. The first kappa shape index (κ1) is 45.6. The van der Waals surface area contributed by atoms with Gasteiger partial charge in [-0.25, -0.2) is 4.98 Å². The summed E-state index contributed by atoms with van der Waals surface area (Å²) in [5, 5.41) is 0.767. The summed E-state index contributed by atoms with van der Waals surface area (Å²) in [4.78, 5) is 9.36. The summed E-state index contributed by atoms with van der Waals surface area (Å²) < 4.78 is 129. The maximum Gasteiger partial charge on any atom is 0.137 e. The molecule has 0 bridgehead atoms. The summed E-state index contributed by atoms with van der Waals surface area (Å²) in [5.74, 6) is 1.11. The van der Waals surface area contributed by atoms with Gasteiger partial charge in [0.15, 0.2) is 0 Å². The lowest BCUT2D eigenvalue weighted by Crippen LogP contribution is -2.33. The third-order valence-corrected chi connectivity index (χ3v) is 18.4. The van der Waals surface area contributed by atoms with Gasteiger partial charge in [-0.15, -0.1) is 0 Å². The molecule has 13 rings (SSSR count). The molecule has 2 aromatic heterocycles. The van der Waals surface area contributed by atoms with Crippen LogP contribution in [0.15, 0.2) is 206 Å². The molecule has 5 heteroatoms. The average Bonchev–Trinajstić information content (AvgIpc) is 1.42. The van der Waals surface area contributed by atoms with Gasteiger partial charge in [0.1, 0.15) is 24.0 Å². The highest BCUT2D eigenvalue weighted by molar-refractivity contribution is 6.09. The van der Waals surface area contributed by atoms with Crippen LogP contribution in [0.2, 0.25) is 0 Å². The number of pyridine rings is 1. The molecule has 1 aliphatic carbocycles. The Hall–Kier alpha value is -8.67. The standard InChI is InChI=1S/C84H88N4O/c1-79(2,3)58-38-40-63(70(48-58)81(7,8)9)55-33-35-56(36-34-55)66-46-59(80(4,5)6)47-67(57-37-42-69-72(45-57)84(15,16)44-43-83(69,13)14)78(66)87-53-86(74-31-22-23-32-75(74)87)60-27-24-28-61(49-60)89-62-39-41-65-64-29-20-21-30-73(64)88(76(65)50-62)77-51-71(82(10,11)12)68(52-85-77)54-25-18-17-19-26-54/h17-42,45-52H,43-44,53H2,1-16H3/i17D,18D,19D,20D,21D,25D,26D,29D,30D,33D,34D,35D,36D. The number of para-hydroxylation sites is 3. The van der Waals surface area contributed by atoms with E-state index in [1.54, 1.807) is 28.8 Å². The highest BCUT2D eigenvalue weighted by atomic mass is 16.5. The lowest BCUT2D eigenvalue weighted by molar-refractivity contribution is 0.332. The van der Waals surface area contributed by atoms with Gasteiger partial charge < -0.3 is 14.5 Å². The van der Waals surface area contributed by atoms with Gasteiger partial charge in [0.25, 0.3) is 0 Å². The molecule has 5 nitrogen and oxygen atoms in total. The first-order valence-corrected chi connectivity index (χ1v) is 31.2. The molecule has 1 aliphatic heterocycles. The number of rotatable bonds is 9. The Morgan fingerprint density at radius 3 is 1.71 bits per heavy atom. The summed E-state index contributed by atoms with van der Waals surface area (Å²) >= 11 is 0. The predicted octanol–water partition coefficient (Wildman–Crippen LogP) is 23.4. The molecule has 450 valence electrons. The normalized spacial score (nSPS) is 17.0. The molecule has 0 unspecified atom stereocenters. The van der Waals surface area contributed by atoms with Gasteiger partial charge in [-0.2, -0.15) is 0 Å². The fourth-order valence-corrected chi connectivity index (χ4v) is 13.2. The van der Waals surface area contributed by atoms with Crippen molar-refractivity contribution >= 4 is 44.6 Å². The van der Waals surface area contributed by atoms with E-state index >= 15 is 0 Å². The molecule has 0 fully saturated rings. The third-order valence-electron chi connectivity index (χ3n) is 18.4. The maximum absolute atomic E-state index is 10.3. The van der Waals surface area contributed by atoms with Crippen molar-refractivity contribution in [2.45, 2.75) is 156 Å². The van der Waals surface area contributed by atoms with Crippen LogP contribution in [-0.4, -0.2) is 16.2 Å². The van der Waals surface area contributed by atoms with Gasteiger partial charge in [0.2, 0.25) is 0 Å². The number of ether oxygens (including phenoxy) is 1. The van der Waals surface area contributed by atoms with Crippen LogP contribution in [0.25, 0.3) is 72.1 Å². The fraction of sp³-hybridized carbons (Fsp3) is 0.298. The molecule has 11 aromatic rings. The average molecular weight is 1180 g/mol. The minimum atomic E-state index is -0.697. The molecule has 2 aliphatic rings. The van der Waals surface area contributed by atoms with E-state index in [-0.39, 0.29) is 105 Å². The van der Waals surface area contributed by atoms with Crippen LogP contribution < -0.4 is 14.5 Å². The van der Waals surface area contributed by atoms with Crippen LogP contribution in [0.3, 0.4) is 0 Å². The Morgan fingerprint density at radius 1 is 0.438 bits per heavy atom. The van der Waals surface area contributed by atoms with E-state index in [0.717, 1.165) is 63.4 Å². The van der Waals surface area contributed by atoms with E-state index in [9.17, 15) is 8.22 Å². The first-order valence-electron chi connectivity index (χ1n) is 37.7. The van der Waals surface area contributed by atoms with Crippen molar-refractivity contribution in [2.75, 3.05) is 16.5 Å². The SMILES string of the molecule is [2H]c1c([2H])c([2H])c(-c2cnc(-n3c4cc(Oc5cccc(N6CN(c7c(-c8ccc9c(c8)C(C)(C)CCC9(C)C)cc(C(C)(C)C)cc7-c7c([2H])c([2H])c(-c8ccc(C(C)(C)C)cc8C(C)(C)C)c([2H])c7[2H])c7ccccc76)c5)ccc4c4c([2H])c([2H])c([2H])c([2H])c43)cc2C(C)(C)C)c([2H])c1[2H]. The second-order valence-corrected chi connectivity index (χ2v) is 29.9. The van der Waals surface area contributed by atoms with Crippen LogP contribution in [0.1, 0.15) is 175 Å². The Kier molecular flexibility index (Phi) is 11.0. The van der Waals surface area contributed by atoms with Crippen molar-refractivity contribution in [1.82, 2.24) is 9.55 Å². The highest BCUT2D eigenvalue weighted by Crippen LogP contribution is 2.54. The summed E-state index contributed by atoms with van der Waals surface area (Å²) in [6, 6.07) is 36.3. The van der Waals surface area contributed by atoms with Crippen molar-refractivity contribution in [2.24, 2.45) is 0 Å². The lowest BCUT2D eigenvalue weighted by Gasteiger charge is -2.42. The van der Waals surface area contributed by atoms with E-state index in [2.05, 4.69) is 154 Å². The molecule has 0 atom stereocenters. The number of aromatic nitrogens is 2. The fourth-order valence-electron chi connectivity index (χ4n) is 13.2. The van der Waals surface area contributed by atoms with Crippen molar-refractivity contribution in [3.63, 3.8) is 0 Å². The zero-order valence-electron chi connectivity index (χ0n) is 67.4. The Labute approximate surface area is 548 Å². The Bertz CT molecular complexity index is 5290. The highest BCUT2D eigenvalue weighted by Gasteiger charge is 2.39. The first-order chi connectivity index (χ1) is 47.5. The van der Waals surface area contributed by atoms with Crippen molar-refractivity contribution in [3.8, 4) is 61.8 Å². The van der Waals surface area contributed by atoms with Gasteiger partial charge in [0.05, 0.1) is 45.9 Å². The van der Waals surface area contributed by atoms with Crippen molar-refractivity contribution < 1.29 is 22.6 Å². The second kappa shape index (κ2) is 21.5. The predicted molar refractivity (Wildman–Crippen MR) is 379 cm³/mol. The van der Waals surface area contributed by atoms with Crippen molar-refractivity contribution in [1.29, 1.82) is 0 Å².